The summed E-state index contributed by atoms with van der Waals surface area (Å²) in [7, 11) is 0. The summed E-state index contributed by atoms with van der Waals surface area (Å²) >= 11 is 3.53. The zero-order valence-corrected chi connectivity index (χ0v) is 13.6. The Labute approximate surface area is 130 Å². The van der Waals surface area contributed by atoms with Gasteiger partial charge in [0.1, 0.15) is 0 Å². The van der Waals surface area contributed by atoms with Crippen LogP contribution in [0.3, 0.4) is 0 Å². The largest absolute Gasteiger partial charge is 0.329 e. The Bertz CT molecular complexity index is 449. The van der Waals surface area contributed by atoms with Gasteiger partial charge in [-0.15, -0.1) is 0 Å². The number of aromatic nitrogens is 1. The molecule has 3 nitrogen and oxygen atoms in total. The maximum absolute atomic E-state index is 6.12. The van der Waals surface area contributed by atoms with E-state index in [4.69, 9.17) is 5.73 Å². The molecular weight excluding hydrogens is 314 g/mol. The van der Waals surface area contributed by atoms with Gasteiger partial charge in [-0.05, 0) is 65.7 Å². The molecule has 0 amide bonds. The van der Waals surface area contributed by atoms with Crippen molar-refractivity contribution in [1.82, 2.24) is 9.88 Å². The normalized spacial score (nSPS) is 28.9. The summed E-state index contributed by atoms with van der Waals surface area (Å²) in [6.07, 6.45) is 12.1. The third kappa shape index (κ3) is 2.92. The molecule has 110 valence electrons. The lowest BCUT2D eigenvalue weighted by atomic mass is 9.77. The molecule has 3 atom stereocenters. The molecule has 1 saturated heterocycles. The van der Waals surface area contributed by atoms with Crippen LogP contribution < -0.4 is 5.73 Å². The molecule has 1 aliphatic heterocycles. The van der Waals surface area contributed by atoms with Crippen LogP contribution in [0.25, 0.3) is 0 Å². The third-order valence-corrected chi connectivity index (χ3v) is 5.45. The van der Waals surface area contributed by atoms with E-state index in [-0.39, 0.29) is 0 Å². The van der Waals surface area contributed by atoms with Gasteiger partial charge in [0.15, 0.2) is 0 Å². The van der Waals surface area contributed by atoms with E-state index >= 15 is 0 Å². The van der Waals surface area contributed by atoms with Gasteiger partial charge in [-0.2, -0.15) is 0 Å². The molecule has 1 saturated carbocycles. The Kier molecular flexibility index (Phi) is 4.74. The summed E-state index contributed by atoms with van der Waals surface area (Å²) < 4.78 is 1.05. The smallest absolute Gasteiger partial charge is 0.0489 e. The van der Waals surface area contributed by atoms with Crippen molar-refractivity contribution in [3.63, 3.8) is 0 Å². The van der Waals surface area contributed by atoms with Crippen molar-refractivity contribution in [2.75, 3.05) is 13.1 Å². The lowest BCUT2D eigenvalue weighted by molar-refractivity contribution is 0.0275. The summed E-state index contributed by atoms with van der Waals surface area (Å²) in [5.41, 5.74) is 7.38. The van der Waals surface area contributed by atoms with Crippen molar-refractivity contribution < 1.29 is 0 Å². The van der Waals surface area contributed by atoms with Crippen molar-refractivity contribution in [2.45, 2.75) is 50.6 Å². The Morgan fingerprint density at radius 2 is 2.05 bits per heavy atom. The van der Waals surface area contributed by atoms with Gasteiger partial charge in [0, 0.05) is 35.5 Å². The Hall–Kier alpha value is -0.450. The molecule has 4 heteroatoms. The molecule has 2 heterocycles. The number of pyridine rings is 1. The highest BCUT2D eigenvalue weighted by molar-refractivity contribution is 9.10. The van der Waals surface area contributed by atoms with Gasteiger partial charge in [0.2, 0.25) is 0 Å². The minimum Gasteiger partial charge on any atom is -0.329 e. The lowest BCUT2D eigenvalue weighted by Crippen LogP contribution is -2.50. The first kappa shape index (κ1) is 14.5. The number of fused-ring (bicyclic) bond motifs is 1. The molecule has 0 aromatic carbocycles. The second-order valence-electron chi connectivity index (χ2n) is 6.18. The number of nitrogens with two attached hydrogens (primary N) is 1. The van der Waals surface area contributed by atoms with Gasteiger partial charge in [-0.25, -0.2) is 0 Å². The van der Waals surface area contributed by atoms with Crippen LogP contribution in [-0.2, 0) is 0 Å². The molecule has 0 bridgehead atoms. The van der Waals surface area contributed by atoms with Crippen LogP contribution in [0.5, 0.6) is 0 Å². The first-order chi connectivity index (χ1) is 9.79. The number of hydrogen-bond acceptors (Lipinski definition) is 3. The molecule has 1 aromatic rings. The second-order valence-corrected chi connectivity index (χ2v) is 7.10. The van der Waals surface area contributed by atoms with Crippen LogP contribution in [0.2, 0.25) is 0 Å². The van der Waals surface area contributed by atoms with Gasteiger partial charge in [-0.3, -0.25) is 9.88 Å². The molecular formula is C16H24BrN3. The van der Waals surface area contributed by atoms with E-state index in [1.165, 1.54) is 50.6 Å². The Morgan fingerprint density at radius 3 is 2.85 bits per heavy atom. The van der Waals surface area contributed by atoms with Crippen LogP contribution >= 0.6 is 15.9 Å². The molecule has 2 fully saturated rings. The number of likely N-dealkylation sites (tertiary alicyclic amines) is 1. The SMILES string of the molecule is NCC(c1cncc(Br)c1)N1CCC[C@H]2CCCC[C@H]21. The van der Waals surface area contributed by atoms with E-state index in [0.29, 0.717) is 12.6 Å². The zero-order valence-electron chi connectivity index (χ0n) is 12.0. The van der Waals surface area contributed by atoms with E-state index in [0.717, 1.165) is 16.4 Å². The molecule has 2 aliphatic rings. The number of nitrogens with zero attached hydrogens (tertiary/aromatic N) is 2. The number of halogens is 1. The van der Waals surface area contributed by atoms with E-state index in [1.54, 1.807) is 0 Å². The maximum Gasteiger partial charge on any atom is 0.0489 e. The van der Waals surface area contributed by atoms with Crippen molar-refractivity contribution in [1.29, 1.82) is 0 Å². The topological polar surface area (TPSA) is 42.1 Å². The highest BCUT2D eigenvalue weighted by atomic mass is 79.9. The van der Waals surface area contributed by atoms with E-state index in [9.17, 15) is 0 Å². The fourth-order valence-corrected chi connectivity index (χ4v) is 4.51. The highest BCUT2D eigenvalue weighted by Crippen LogP contribution is 2.39. The van der Waals surface area contributed by atoms with Crippen LogP contribution in [0, 0.1) is 5.92 Å². The van der Waals surface area contributed by atoms with Crippen molar-refractivity contribution in [3.05, 3.63) is 28.5 Å². The van der Waals surface area contributed by atoms with Crippen LogP contribution in [0.4, 0.5) is 0 Å². The molecule has 0 spiro atoms. The van der Waals surface area contributed by atoms with Gasteiger partial charge >= 0.3 is 0 Å². The average Bonchev–Trinajstić information content (AvgIpc) is 2.48. The average molecular weight is 338 g/mol. The van der Waals surface area contributed by atoms with Gasteiger partial charge in [-0.1, -0.05) is 12.8 Å². The fourth-order valence-electron chi connectivity index (χ4n) is 4.12. The van der Waals surface area contributed by atoms with Gasteiger partial charge in [0.25, 0.3) is 0 Å². The van der Waals surface area contributed by atoms with Crippen molar-refractivity contribution in [3.8, 4) is 0 Å². The predicted molar refractivity (Wildman–Crippen MR) is 85.4 cm³/mol. The third-order valence-electron chi connectivity index (χ3n) is 5.02. The number of piperidine rings is 1. The van der Waals surface area contributed by atoms with E-state index in [2.05, 4.69) is 31.9 Å². The zero-order chi connectivity index (χ0) is 13.9. The van der Waals surface area contributed by atoms with Crippen LogP contribution in [0.1, 0.15) is 50.1 Å². The minimum atomic E-state index is 0.325. The summed E-state index contributed by atoms with van der Waals surface area (Å²) in [6, 6.07) is 3.24. The molecule has 1 unspecified atom stereocenters. The van der Waals surface area contributed by atoms with E-state index in [1.807, 2.05) is 12.4 Å². The maximum atomic E-state index is 6.12. The molecule has 3 rings (SSSR count). The summed E-state index contributed by atoms with van der Waals surface area (Å²) in [6.45, 7) is 1.87. The van der Waals surface area contributed by atoms with E-state index < -0.39 is 0 Å². The molecule has 1 aromatic heterocycles. The van der Waals surface area contributed by atoms with Gasteiger partial charge in [0.05, 0.1) is 0 Å². The molecule has 1 aliphatic carbocycles. The number of hydrogen-bond donors (Lipinski definition) is 1. The molecule has 20 heavy (non-hydrogen) atoms. The summed E-state index contributed by atoms with van der Waals surface area (Å²) in [5, 5.41) is 0. The molecule has 0 radical (unpaired) electrons. The second kappa shape index (κ2) is 6.54. The summed E-state index contributed by atoms with van der Waals surface area (Å²) in [5.74, 6) is 0.895. The van der Waals surface area contributed by atoms with Crippen molar-refractivity contribution in [2.24, 2.45) is 11.7 Å². The number of rotatable bonds is 3. The summed E-state index contributed by atoms with van der Waals surface area (Å²) in [4.78, 5) is 7.00. The first-order valence-corrected chi connectivity index (χ1v) is 8.65. The predicted octanol–water partition coefficient (Wildman–Crippen LogP) is 3.50. The fraction of sp³-hybridized carbons (Fsp3) is 0.688. The van der Waals surface area contributed by atoms with Crippen LogP contribution in [0.15, 0.2) is 22.9 Å². The monoisotopic (exact) mass is 337 g/mol. The minimum absolute atomic E-state index is 0.325. The Balaban J connectivity index is 1.84. The van der Waals surface area contributed by atoms with Gasteiger partial charge < -0.3 is 5.73 Å². The molecule has 2 N–H and O–H groups in total. The van der Waals surface area contributed by atoms with Crippen molar-refractivity contribution >= 4 is 15.9 Å². The Morgan fingerprint density at radius 1 is 1.25 bits per heavy atom. The standard InChI is InChI=1S/C16H24BrN3/c17-14-8-13(10-19-11-14)16(9-18)20-7-3-5-12-4-1-2-6-15(12)20/h8,10-12,15-16H,1-7,9,18H2/t12-,15-,16?/m1/s1. The lowest BCUT2D eigenvalue weighted by Gasteiger charge is -2.47. The highest BCUT2D eigenvalue weighted by Gasteiger charge is 2.36. The quantitative estimate of drug-likeness (QED) is 0.917. The van der Waals surface area contributed by atoms with Crippen LogP contribution in [-0.4, -0.2) is 29.0 Å². The first-order valence-electron chi connectivity index (χ1n) is 7.86.